The summed E-state index contributed by atoms with van der Waals surface area (Å²) in [6.45, 7) is 8.44. The Morgan fingerprint density at radius 2 is 1.60 bits per heavy atom. The number of hydrogen-bond donors (Lipinski definition) is 1. The van der Waals surface area contributed by atoms with Crippen LogP contribution in [0, 0.1) is 28.9 Å². The summed E-state index contributed by atoms with van der Waals surface area (Å²) in [6, 6.07) is 25.1. The number of phenolic OH excluding ortho intramolecular Hbond substituents is 1. The number of nitro benzene ring substituents is 1. The van der Waals surface area contributed by atoms with Crippen molar-refractivity contribution in [2.45, 2.75) is 33.1 Å². The normalized spacial score (nSPS) is 11.4. The summed E-state index contributed by atoms with van der Waals surface area (Å²) in [7, 11) is 0. The Labute approximate surface area is 243 Å². The van der Waals surface area contributed by atoms with Gasteiger partial charge in [-0.25, -0.2) is 4.98 Å². The first-order valence-electron chi connectivity index (χ1n) is 13.4. The van der Waals surface area contributed by atoms with Crippen molar-refractivity contribution in [2.24, 2.45) is 0 Å². The van der Waals surface area contributed by atoms with Crippen LogP contribution in [0.3, 0.4) is 0 Å². The standard InChI is InChI=1S/C35H29N3O4/c1-23-21-25(10-9-24-11-16-27(17-12-24)35(2,3)4)13-18-30(23)37-33(36-29-8-6-5-7-28(29)34(37)40)20-15-26-14-19-32(39)31(22-26)38(41)42/h5-8,11-22,39H,1-4H3/b20-15+. The van der Waals surface area contributed by atoms with Crippen molar-refractivity contribution in [1.82, 2.24) is 9.55 Å². The van der Waals surface area contributed by atoms with E-state index < -0.39 is 16.4 Å². The van der Waals surface area contributed by atoms with Crippen LogP contribution in [0.4, 0.5) is 5.69 Å². The molecule has 1 N–H and O–H groups in total. The van der Waals surface area contributed by atoms with E-state index in [4.69, 9.17) is 4.98 Å². The third kappa shape index (κ3) is 5.84. The molecule has 1 heterocycles. The van der Waals surface area contributed by atoms with Crippen LogP contribution in [0.15, 0.2) is 89.7 Å². The van der Waals surface area contributed by atoms with Crippen molar-refractivity contribution in [2.75, 3.05) is 0 Å². The summed E-state index contributed by atoms with van der Waals surface area (Å²) in [5, 5.41) is 21.5. The Morgan fingerprint density at radius 3 is 2.29 bits per heavy atom. The quantitative estimate of drug-likeness (QED) is 0.144. The number of aryl methyl sites for hydroxylation is 1. The molecule has 0 saturated carbocycles. The molecule has 0 unspecified atom stereocenters. The van der Waals surface area contributed by atoms with Crippen LogP contribution < -0.4 is 5.56 Å². The lowest BCUT2D eigenvalue weighted by Crippen LogP contribution is -2.23. The molecule has 208 valence electrons. The summed E-state index contributed by atoms with van der Waals surface area (Å²) >= 11 is 0. The fourth-order valence-corrected chi connectivity index (χ4v) is 4.64. The van der Waals surface area contributed by atoms with Crippen LogP contribution in [0.5, 0.6) is 5.75 Å². The van der Waals surface area contributed by atoms with Crippen LogP contribution in [-0.4, -0.2) is 19.6 Å². The van der Waals surface area contributed by atoms with Gasteiger partial charge in [-0.2, -0.15) is 0 Å². The highest BCUT2D eigenvalue weighted by atomic mass is 16.6. The van der Waals surface area contributed by atoms with Gasteiger partial charge in [0.2, 0.25) is 0 Å². The van der Waals surface area contributed by atoms with Crippen molar-refractivity contribution in [3.8, 4) is 23.3 Å². The zero-order valence-electron chi connectivity index (χ0n) is 23.8. The van der Waals surface area contributed by atoms with Gasteiger partial charge in [0.15, 0.2) is 5.75 Å². The zero-order chi connectivity index (χ0) is 30.0. The molecular formula is C35H29N3O4. The molecule has 4 aromatic carbocycles. The SMILES string of the molecule is Cc1cc(C#Cc2ccc(C(C)(C)C)cc2)ccc1-n1c(/C=C/c2ccc(O)c([N+](=O)[O-])c2)nc2ccccc2c1=O. The van der Waals surface area contributed by atoms with Crippen LogP contribution >= 0.6 is 0 Å². The van der Waals surface area contributed by atoms with E-state index in [1.54, 1.807) is 36.4 Å². The first-order chi connectivity index (χ1) is 20.0. The number of aromatic nitrogens is 2. The van der Waals surface area contributed by atoms with Crippen LogP contribution in [0.25, 0.3) is 28.7 Å². The molecule has 0 amide bonds. The van der Waals surface area contributed by atoms with Crippen molar-refractivity contribution in [3.05, 3.63) is 139 Å². The molecule has 1 aromatic heterocycles. The molecule has 7 heteroatoms. The Hall–Kier alpha value is -5.48. The van der Waals surface area contributed by atoms with Crippen molar-refractivity contribution in [3.63, 3.8) is 0 Å². The maximum atomic E-state index is 13.7. The summed E-state index contributed by atoms with van der Waals surface area (Å²) in [6.07, 6.45) is 3.26. The number of para-hydroxylation sites is 1. The van der Waals surface area contributed by atoms with Gasteiger partial charge in [0.1, 0.15) is 5.82 Å². The lowest BCUT2D eigenvalue weighted by atomic mass is 9.87. The Morgan fingerprint density at radius 1 is 0.905 bits per heavy atom. The maximum absolute atomic E-state index is 13.7. The predicted octanol–water partition coefficient (Wildman–Crippen LogP) is 7.18. The number of benzene rings is 4. The molecule has 0 bridgehead atoms. The van der Waals surface area contributed by atoms with E-state index in [0.29, 0.717) is 28.0 Å². The highest BCUT2D eigenvalue weighted by Gasteiger charge is 2.15. The smallest absolute Gasteiger partial charge is 0.311 e. The molecule has 0 radical (unpaired) electrons. The monoisotopic (exact) mass is 555 g/mol. The number of nitrogens with zero attached hydrogens (tertiary/aromatic N) is 3. The van der Waals surface area contributed by atoms with Gasteiger partial charge >= 0.3 is 5.69 Å². The lowest BCUT2D eigenvalue weighted by Gasteiger charge is -2.18. The first kappa shape index (κ1) is 28.1. The third-order valence-electron chi connectivity index (χ3n) is 6.96. The highest BCUT2D eigenvalue weighted by Crippen LogP contribution is 2.27. The van der Waals surface area contributed by atoms with Gasteiger partial charge in [0.05, 0.1) is 21.5 Å². The summed E-state index contributed by atoms with van der Waals surface area (Å²) in [5.41, 5.74) is 4.90. The van der Waals surface area contributed by atoms with E-state index in [1.807, 2.05) is 43.3 Å². The van der Waals surface area contributed by atoms with Crippen LogP contribution in [0.1, 0.15) is 54.4 Å². The van der Waals surface area contributed by atoms with Gasteiger partial charge in [0.25, 0.3) is 5.56 Å². The minimum Gasteiger partial charge on any atom is -0.502 e. The van der Waals surface area contributed by atoms with Crippen molar-refractivity contribution < 1.29 is 10.0 Å². The van der Waals surface area contributed by atoms with Gasteiger partial charge in [-0.1, -0.05) is 69.0 Å². The summed E-state index contributed by atoms with van der Waals surface area (Å²) < 4.78 is 1.53. The second kappa shape index (κ2) is 11.2. The Kier molecular flexibility index (Phi) is 7.47. The summed E-state index contributed by atoms with van der Waals surface area (Å²) in [5.74, 6) is 6.38. The van der Waals surface area contributed by atoms with Crippen molar-refractivity contribution >= 4 is 28.7 Å². The van der Waals surface area contributed by atoms with Gasteiger partial charge in [-0.15, -0.1) is 0 Å². The van der Waals surface area contributed by atoms with E-state index in [2.05, 4.69) is 44.7 Å². The van der Waals surface area contributed by atoms with Crippen molar-refractivity contribution in [1.29, 1.82) is 0 Å². The fraction of sp³-hybridized carbons (Fsp3) is 0.143. The zero-order valence-corrected chi connectivity index (χ0v) is 23.8. The molecule has 5 rings (SSSR count). The largest absolute Gasteiger partial charge is 0.502 e. The molecule has 42 heavy (non-hydrogen) atoms. The van der Waals surface area contributed by atoms with E-state index in [1.165, 1.54) is 22.3 Å². The van der Waals surface area contributed by atoms with E-state index in [9.17, 15) is 20.0 Å². The molecular weight excluding hydrogens is 526 g/mol. The van der Waals surface area contributed by atoms with E-state index >= 15 is 0 Å². The predicted molar refractivity (Wildman–Crippen MR) is 167 cm³/mol. The number of fused-ring (bicyclic) bond motifs is 1. The average molecular weight is 556 g/mol. The minimum atomic E-state index is -0.647. The molecule has 0 fully saturated rings. The third-order valence-corrected chi connectivity index (χ3v) is 6.96. The Bertz CT molecular complexity index is 1990. The van der Waals surface area contributed by atoms with E-state index in [0.717, 1.165) is 16.7 Å². The number of nitro groups is 1. The van der Waals surface area contributed by atoms with Crippen LogP contribution in [0.2, 0.25) is 0 Å². The summed E-state index contributed by atoms with van der Waals surface area (Å²) in [4.78, 5) is 29.1. The van der Waals surface area contributed by atoms with Crippen LogP contribution in [-0.2, 0) is 5.41 Å². The molecule has 0 saturated heterocycles. The number of rotatable bonds is 4. The number of phenols is 1. The second-order valence-corrected chi connectivity index (χ2v) is 11.0. The molecule has 0 atom stereocenters. The van der Waals surface area contributed by atoms with E-state index in [-0.39, 0.29) is 11.0 Å². The minimum absolute atomic E-state index is 0.0741. The maximum Gasteiger partial charge on any atom is 0.311 e. The highest BCUT2D eigenvalue weighted by molar-refractivity contribution is 5.80. The molecule has 0 spiro atoms. The fourth-order valence-electron chi connectivity index (χ4n) is 4.64. The average Bonchev–Trinajstić information content (AvgIpc) is 2.96. The Balaban J connectivity index is 1.55. The lowest BCUT2D eigenvalue weighted by molar-refractivity contribution is -0.385. The molecule has 0 aliphatic heterocycles. The molecule has 7 nitrogen and oxygen atoms in total. The topological polar surface area (TPSA) is 98.3 Å². The second-order valence-electron chi connectivity index (χ2n) is 11.0. The van der Waals surface area contributed by atoms with Gasteiger partial charge in [-0.3, -0.25) is 19.5 Å². The van der Waals surface area contributed by atoms with Gasteiger partial charge in [0, 0.05) is 17.2 Å². The molecule has 0 aliphatic rings. The number of aromatic hydroxyl groups is 1. The van der Waals surface area contributed by atoms with Gasteiger partial charge < -0.3 is 5.11 Å². The van der Waals surface area contributed by atoms with Gasteiger partial charge in [-0.05, 0) is 83.6 Å². The molecule has 5 aromatic rings. The molecule has 0 aliphatic carbocycles. The first-order valence-corrected chi connectivity index (χ1v) is 13.4. The number of hydrogen-bond acceptors (Lipinski definition) is 5.